The van der Waals surface area contributed by atoms with Gasteiger partial charge in [0.05, 0.1) is 10.8 Å². The highest BCUT2D eigenvalue weighted by atomic mass is 32.1. The molecule has 7 nitrogen and oxygen atoms in total. The van der Waals surface area contributed by atoms with Gasteiger partial charge in [-0.05, 0) is 24.1 Å². The lowest BCUT2D eigenvalue weighted by atomic mass is 9.98. The van der Waals surface area contributed by atoms with Crippen LogP contribution in [-0.4, -0.2) is 34.2 Å². The van der Waals surface area contributed by atoms with Crippen LogP contribution in [0.25, 0.3) is 0 Å². The topological polar surface area (TPSA) is 101 Å². The fraction of sp³-hybridized carbons (Fsp3) is 0.222. The number of aliphatic carboxylic acids is 1. The number of carbonyl (C=O) groups excluding carboxylic acids is 1. The molecule has 136 valence electrons. The van der Waals surface area contributed by atoms with Gasteiger partial charge in [-0.2, -0.15) is 12.6 Å². The van der Waals surface area contributed by atoms with E-state index in [0.29, 0.717) is 11.3 Å². The summed E-state index contributed by atoms with van der Waals surface area (Å²) in [6, 6.07) is 14.6. The number of thiol groups is 1. The highest BCUT2D eigenvalue weighted by Gasteiger charge is 2.26. The number of non-ortho nitro benzene ring substituents is 1. The summed E-state index contributed by atoms with van der Waals surface area (Å²) in [5.41, 5.74) is 1.04. The van der Waals surface area contributed by atoms with E-state index in [9.17, 15) is 19.7 Å². The van der Waals surface area contributed by atoms with Gasteiger partial charge in [0, 0.05) is 23.6 Å². The Balaban J connectivity index is 2.25. The minimum absolute atomic E-state index is 0.0571. The molecule has 0 radical (unpaired) electrons. The summed E-state index contributed by atoms with van der Waals surface area (Å²) in [5, 5.41) is 20.1. The van der Waals surface area contributed by atoms with Crippen molar-refractivity contribution in [1.82, 2.24) is 0 Å². The van der Waals surface area contributed by atoms with Gasteiger partial charge in [0.1, 0.15) is 6.54 Å². The molecule has 0 bridgehead atoms. The van der Waals surface area contributed by atoms with Gasteiger partial charge < -0.3 is 10.0 Å². The molecule has 0 aliphatic rings. The van der Waals surface area contributed by atoms with Gasteiger partial charge in [0.2, 0.25) is 5.91 Å². The molecule has 0 heterocycles. The number of carboxylic acid groups (broad SMARTS) is 1. The van der Waals surface area contributed by atoms with Crippen molar-refractivity contribution in [3.05, 3.63) is 70.3 Å². The lowest BCUT2D eigenvalue weighted by Crippen LogP contribution is -2.41. The van der Waals surface area contributed by atoms with Crippen molar-refractivity contribution < 1.29 is 19.6 Å². The fourth-order valence-electron chi connectivity index (χ4n) is 2.57. The van der Waals surface area contributed by atoms with E-state index >= 15 is 0 Å². The molecule has 0 aromatic heterocycles. The summed E-state index contributed by atoms with van der Waals surface area (Å²) in [6.07, 6.45) is 0.229. The molecule has 2 rings (SSSR count). The number of anilines is 1. The monoisotopic (exact) mass is 374 g/mol. The lowest BCUT2D eigenvalue weighted by molar-refractivity contribution is -0.384. The average Bonchev–Trinajstić information content (AvgIpc) is 2.64. The third-order valence-electron chi connectivity index (χ3n) is 3.80. The van der Waals surface area contributed by atoms with Crippen molar-refractivity contribution >= 4 is 35.9 Å². The van der Waals surface area contributed by atoms with Gasteiger partial charge >= 0.3 is 5.97 Å². The smallest absolute Gasteiger partial charge is 0.323 e. The van der Waals surface area contributed by atoms with Crippen LogP contribution >= 0.6 is 12.6 Å². The number of carboxylic acids is 1. The number of nitro benzene ring substituents is 1. The van der Waals surface area contributed by atoms with Gasteiger partial charge in [-0.1, -0.05) is 30.3 Å². The van der Waals surface area contributed by atoms with Crippen molar-refractivity contribution in [3.63, 3.8) is 0 Å². The largest absolute Gasteiger partial charge is 0.480 e. The number of amides is 1. The molecular weight excluding hydrogens is 356 g/mol. The van der Waals surface area contributed by atoms with Crippen LogP contribution in [-0.2, 0) is 16.0 Å². The second-order valence-corrected chi connectivity index (χ2v) is 6.03. The normalized spacial score (nSPS) is 11.6. The van der Waals surface area contributed by atoms with E-state index in [1.54, 1.807) is 42.5 Å². The molecule has 0 saturated carbocycles. The molecule has 2 aromatic rings. The molecule has 1 atom stereocenters. The van der Waals surface area contributed by atoms with E-state index in [-0.39, 0.29) is 23.8 Å². The van der Waals surface area contributed by atoms with E-state index in [2.05, 4.69) is 12.6 Å². The van der Waals surface area contributed by atoms with Crippen LogP contribution in [0.3, 0.4) is 0 Å². The number of carbonyl (C=O) groups is 2. The summed E-state index contributed by atoms with van der Waals surface area (Å²) in [5.74, 6) is -1.94. The molecule has 8 heteroatoms. The Labute approximate surface area is 155 Å². The highest BCUT2D eigenvalue weighted by Crippen LogP contribution is 2.21. The van der Waals surface area contributed by atoms with E-state index in [1.807, 2.05) is 0 Å². The predicted molar refractivity (Wildman–Crippen MR) is 101 cm³/mol. The van der Waals surface area contributed by atoms with Crippen LogP contribution < -0.4 is 4.90 Å². The Morgan fingerprint density at radius 3 is 2.42 bits per heavy atom. The second-order valence-electron chi connectivity index (χ2n) is 5.66. The first-order valence-corrected chi connectivity index (χ1v) is 8.48. The standard InChI is InChI=1S/C18H18N2O5S/c21-17(22)11-19(15-6-2-1-3-7-15)18(23)14(12-26)9-13-5-4-8-16(10-13)20(24)25/h1-8,10,14,26H,9,11-12H2,(H,21,22). The first kappa shape index (κ1) is 19.5. The van der Waals surface area contributed by atoms with E-state index in [1.165, 1.54) is 17.0 Å². The molecule has 2 aromatic carbocycles. The Morgan fingerprint density at radius 2 is 1.85 bits per heavy atom. The van der Waals surface area contributed by atoms with Gasteiger partial charge in [-0.25, -0.2) is 0 Å². The number of para-hydroxylation sites is 1. The Kier molecular flexibility index (Phi) is 6.74. The van der Waals surface area contributed by atoms with Gasteiger partial charge in [0.15, 0.2) is 0 Å². The lowest BCUT2D eigenvalue weighted by Gasteiger charge is -2.25. The maximum absolute atomic E-state index is 12.9. The zero-order chi connectivity index (χ0) is 19.1. The first-order valence-electron chi connectivity index (χ1n) is 7.84. The summed E-state index contributed by atoms with van der Waals surface area (Å²) in [6.45, 7) is -0.470. The zero-order valence-electron chi connectivity index (χ0n) is 13.8. The first-order chi connectivity index (χ1) is 12.4. The third kappa shape index (κ3) is 5.06. The van der Waals surface area contributed by atoms with Crippen molar-refractivity contribution in [3.8, 4) is 0 Å². The van der Waals surface area contributed by atoms with Crippen LogP contribution in [0.15, 0.2) is 54.6 Å². The number of nitrogens with zero attached hydrogens (tertiary/aromatic N) is 2. The Bertz CT molecular complexity index is 797. The molecular formula is C18H18N2O5S. The molecule has 26 heavy (non-hydrogen) atoms. The number of nitro groups is 1. The summed E-state index contributed by atoms with van der Waals surface area (Å²) >= 11 is 4.22. The molecule has 0 aliphatic carbocycles. The predicted octanol–water partition coefficient (Wildman–Crippen LogP) is 2.80. The Morgan fingerprint density at radius 1 is 1.15 bits per heavy atom. The van der Waals surface area contributed by atoms with E-state index in [4.69, 9.17) is 5.11 Å². The van der Waals surface area contributed by atoms with Crippen molar-refractivity contribution in [2.24, 2.45) is 5.92 Å². The van der Waals surface area contributed by atoms with Crippen LogP contribution in [0.2, 0.25) is 0 Å². The van der Waals surface area contributed by atoms with E-state index < -0.39 is 23.4 Å². The molecule has 1 unspecified atom stereocenters. The number of hydrogen-bond acceptors (Lipinski definition) is 5. The summed E-state index contributed by atoms with van der Waals surface area (Å²) in [7, 11) is 0. The molecule has 0 saturated heterocycles. The molecule has 0 aliphatic heterocycles. The van der Waals surface area contributed by atoms with Crippen molar-refractivity contribution in [2.75, 3.05) is 17.2 Å². The fourth-order valence-corrected chi connectivity index (χ4v) is 2.86. The van der Waals surface area contributed by atoms with Crippen molar-refractivity contribution in [2.45, 2.75) is 6.42 Å². The third-order valence-corrected chi connectivity index (χ3v) is 4.24. The molecule has 0 spiro atoms. The minimum atomic E-state index is -1.13. The zero-order valence-corrected chi connectivity index (χ0v) is 14.7. The summed E-state index contributed by atoms with van der Waals surface area (Å²) in [4.78, 5) is 35.7. The maximum Gasteiger partial charge on any atom is 0.323 e. The number of rotatable bonds is 8. The van der Waals surface area contributed by atoms with E-state index in [0.717, 1.165) is 0 Å². The van der Waals surface area contributed by atoms with Crippen LogP contribution in [0.4, 0.5) is 11.4 Å². The average molecular weight is 374 g/mol. The second kappa shape index (κ2) is 9.00. The maximum atomic E-state index is 12.9. The molecule has 1 amide bonds. The van der Waals surface area contributed by atoms with Crippen molar-refractivity contribution in [1.29, 1.82) is 0 Å². The van der Waals surface area contributed by atoms with Crippen LogP contribution in [0, 0.1) is 16.0 Å². The highest BCUT2D eigenvalue weighted by molar-refractivity contribution is 7.80. The summed E-state index contributed by atoms with van der Waals surface area (Å²) < 4.78 is 0. The van der Waals surface area contributed by atoms with Gasteiger partial charge in [0.25, 0.3) is 5.69 Å². The molecule has 0 fully saturated rings. The van der Waals surface area contributed by atoms with Crippen LogP contribution in [0.5, 0.6) is 0 Å². The minimum Gasteiger partial charge on any atom is -0.480 e. The van der Waals surface area contributed by atoms with Gasteiger partial charge in [-0.3, -0.25) is 19.7 Å². The van der Waals surface area contributed by atoms with Gasteiger partial charge in [-0.15, -0.1) is 0 Å². The Hall–Kier alpha value is -2.87. The number of hydrogen-bond donors (Lipinski definition) is 2. The van der Waals surface area contributed by atoms with Crippen LogP contribution in [0.1, 0.15) is 5.56 Å². The SMILES string of the molecule is O=C(O)CN(C(=O)C(CS)Cc1cccc([N+](=O)[O-])c1)c1ccccc1. The number of benzene rings is 2. The molecule has 1 N–H and O–H groups in total. The quantitative estimate of drug-likeness (QED) is 0.420.